The second-order valence-corrected chi connectivity index (χ2v) is 4.03. The van der Waals surface area contributed by atoms with Crippen molar-refractivity contribution >= 4 is 34.9 Å². The number of hydrogen-bond donors (Lipinski definition) is 1. The molecule has 0 radical (unpaired) electrons. The van der Waals surface area contributed by atoms with Gasteiger partial charge in [-0.1, -0.05) is 23.2 Å². The SMILES string of the molecule is O=C(CCOCC(F)(F)F)Nc1ncnc(Cl)c1Cl. The summed E-state index contributed by atoms with van der Waals surface area (Å²) in [6.07, 6.45) is -3.60. The number of carbonyl (C=O) groups excluding carboxylic acids is 1. The molecular weight excluding hydrogens is 310 g/mol. The van der Waals surface area contributed by atoms with E-state index >= 15 is 0 Å². The number of carbonyl (C=O) groups is 1. The number of nitrogens with one attached hydrogen (secondary N) is 1. The number of ether oxygens (including phenoxy) is 1. The van der Waals surface area contributed by atoms with E-state index in [1.54, 1.807) is 0 Å². The van der Waals surface area contributed by atoms with Crippen LogP contribution < -0.4 is 5.32 Å². The number of anilines is 1. The fourth-order valence-corrected chi connectivity index (χ4v) is 1.26. The minimum absolute atomic E-state index is 0.0116. The summed E-state index contributed by atoms with van der Waals surface area (Å²) in [4.78, 5) is 18.6. The standard InChI is InChI=1S/C9H8Cl2F3N3O2/c10-6-7(11)15-4-16-8(6)17-5(18)1-2-19-3-9(12,13)14/h4H,1-3H2,(H,15,16,17,18). The average Bonchev–Trinajstić information content (AvgIpc) is 2.29. The first-order chi connectivity index (χ1) is 8.79. The third-order valence-electron chi connectivity index (χ3n) is 1.74. The Labute approximate surface area is 116 Å². The molecule has 0 aliphatic carbocycles. The zero-order chi connectivity index (χ0) is 14.5. The second kappa shape index (κ2) is 6.88. The van der Waals surface area contributed by atoms with Crippen LogP contribution in [0.3, 0.4) is 0 Å². The van der Waals surface area contributed by atoms with Gasteiger partial charge >= 0.3 is 6.18 Å². The largest absolute Gasteiger partial charge is 0.411 e. The van der Waals surface area contributed by atoms with Gasteiger partial charge in [-0.2, -0.15) is 13.2 Å². The van der Waals surface area contributed by atoms with E-state index < -0.39 is 18.7 Å². The Kier molecular flexibility index (Phi) is 5.77. The van der Waals surface area contributed by atoms with E-state index in [9.17, 15) is 18.0 Å². The molecule has 1 heterocycles. The van der Waals surface area contributed by atoms with E-state index in [-0.39, 0.29) is 29.0 Å². The van der Waals surface area contributed by atoms with Gasteiger partial charge in [-0.3, -0.25) is 4.79 Å². The predicted octanol–water partition coefficient (Wildman–Crippen LogP) is 2.69. The smallest absolute Gasteiger partial charge is 0.372 e. The minimum Gasteiger partial charge on any atom is -0.372 e. The average molecular weight is 318 g/mol. The first-order valence-electron chi connectivity index (χ1n) is 4.90. The molecule has 0 unspecified atom stereocenters. The van der Waals surface area contributed by atoms with Crippen molar-refractivity contribution in [2.75, 3.05) is 18.5 Å². The van der Waals surface area contributed by atoms with Gasteiger partial charge in [0.1, 0.15) is 18.0 Å². The summed E-state index contributed by atoms with van der Waals surface area (Å²) >= 11 is 11.3. The van der Waals surface area contributed by atoms with Crippen LogP contribution in [-0.2, 0) is 9.53 Å². The van der Waals surface area contributed by atoms with Crippen molar-refractivity contribution in [3.05, 3.63) is 16.5 Å². The number of halogens is 5. The van der Waals surface area contributed by atoms with Crippen molar-refractivity contribution < 1.29 is 22.7 Å². The van der Waals surface area contributed by atoms with E-state index in [1.807, 2.05) is 0 Å². The highest BCUT2D eigenvalue weighted by Crippen LogP contribution is 2.25. The highest BCUT2D eigenvalue weighted by molar-refractivity contribution is 6.42. The fourth-order valence-electron chi connectivity index (χ4n) is 0.983. The summed E-state index contributed by atoms with van der Waals surface area (Å²) in [5.74, 6) is -0.610. The Morgan fingerprint density at radius 1 is 1.37 bits per heavy atom. The first kappa shape index (κ1) is 15.9. The molecule has 1 N–H and O–H groups in total. The maximum absolute atomic E-state index is 11.7. The van der Waals surface area contributed by atoms with Crippen LogP contribution in [0.5, 0.6) is 0 Å². The van der Waals surface area contributed by atoms with Crippen LogP contribution in [-0.4, -0.2) is 35.3 Å². The topological polar surface area (TPSA) is 64.1 Å². The van der Waals surface area contributed by atoms with Gasteiger partial charge < -0.3 is 10.1 Å². The summed E-state index contributed by atoms with van der Waals surface area (Å²) < 4.78 is 39.5. The fraction of sp³-hybridized carbons (Fsp3) is 0.444. The molecule has 19 heavy (non-hydrogen) atoms. The van der Waals surface area contributed by atoms with Gasteiger partial charge in [0.05, 0.1) is 13.0 Å². The Balaban J connectivity index is 2.38. The summed E-state index contributed by atoms with van der Waals surface area (Å²) in [6, 6.07) is 0. The lowest BCUT2D eigenvalue weighted by Crippen LogP contribution is -2.20. The van der Waals surface area contributed by atoms with Crippen molar-refractivity contribution in [3.63, 3.8) is 0 Å². The van der Waals surface area contributed by atoms with E-state index in [2.05, 4.69) is 20.0 Å². The first-order valence-corrected chi connectivity index (χ1v) is 5.65. The molecule has 0 spiro atoms. The zero-order valence-corrected chi connectivity index (χ0v) is 10.8. The highest BCUT2D eigenvalue weighted by atomic mass is 35.5. The number of alkyl halides is 3. The summed E-state index contributed by atoms with van der Waals surface area (Å²) in [5.41, 5.74) is 0. The molecule has 1 aromatic rings. The third kappa shape index (κ3) is 6.04. The molecule has 0 saturated carbocycles. The Morgan fingerprint density at radius 3 is 2.68 bits per heavy atom. The van der Waals surface area contributed by atoms with Crippen molar-refractivity contribution in [2.45, 2.75) is 12.6 Å². The third-order valence-corrected chi connectivity index (χ3v) is 2.49. The molecule has 1 rings (SSSR count). The lowest BCUT2D eigenvalue weighted by atomic mass is 10.4. The molecule has 0 atom stereocenters. The summed E-state index contributed by atoms with van der Waals surface area (Å²) in [6.45, 7) is -1.78. The molecule has 0 saturated heterocycles. The van der Waals surface area contributed by atoms with Crippen LogP contribution in [0.15, 0.2) is 6.33 Å². The van der Waals surface area contributed by atoms with Crippen LogP contribution in [0.25, 0.3) is 0 Å². The highest BCUT2D eigenvalue weighted by Gasteiger charge is 2.27. The van der Waals surface area contributed by atoms with Crippen LogP contribution in [0.4, 0.5) is 19.0 Å². The summed E-state index contributed by atoms with van der Waals surface area (Å²) in [7, 11) is 0. The number of amides is 1. The summed E-state index contributed by atoms with van der Waals surface area (Å²) in [5, 5.41) is 2.19. The van der Waals surface area contributed by atoms with Gasteiger partial charge in [0.2, 0.25) is 5.91 Å². The monoisotopic (exact) mass is 317 g/mol. The normalized spacial score (nSPS) is 11.4. The maximum Gasteiger partial charge on any atom is 0.411 e. The van der Waals surface area contributed by atoms with Crippen molar-refractivity contribution in [1.29, 1.82) is 0 Å². The van der Waals surface area contributed by atoms with Gasteiger partial charge in [-0.25, -0.2) is 9.97 Å². The minimum atomic E-state index is -4.42. The Bertz CT molecular complexity index is 457. The number of hydrogen-bond acceptors (Lipinski definition) is 4. The molecule has 5 nitrogen and oxygen atoms in total. The predicted molar refractivity (Wildman–Crippen MR) is 62.2 cm³/mol. The molecule has 0 aromatic carbocycles. The Hall–Kier alpha value is -1.12. The van der Waals surface area contributed by atoms with Gasteiger partial charge in [0.15, 0.2) is 11.0 Å². The van der Waals surface area contributed by atoms with E-state index in [0.717, 1.165) is 6.33 Å². The van der Waals surface area contributed by atoms with Crippen molar-refractivity contribution in [3.8, 4) is 0 Å². The van der Waals surface area contributed by atoms with Crippen LogP contribution in [0.2, 0.25) is 10.2 Å². The molecule has 106 valence electrons. The van der Waals surface area contributed by atoms with Gasteiger partial charge in [0.25, 0.3) is 0 Å². The molecule has 10 heteroatoms. The van der Waals surface area contributed by atoms with Gasteiger partial charge in [0, 0.05) is 0 Å². The van der Waals surface area contributed by atoms with Crippen LogP contribution in [0.1, 0.15) is 6.42 Å². The second-order valence-electron chi connectivity index (χ2n) is 3.29. The maximum atomic E-state index is 11.7. The number of nitrogens with zero attached hydrogens (tertiary/aromatic N) is 2. The van der Waals surface area contributed by atoms with E-state index in [1.165, 1.54) is 0 Å². The molecule has 1 aromatic heterocycles. The molecule has 0 fully saturated rings. The Morgan fingerprint density at radius 2 is 2.05 bits per heavy atom. The van der Waals surface area contributed by atoms with E-state index in [4.69, 9.17) is 23.2 Å². The molecular formula is C9H8Cl2F3N3O2. The number of aromatic nitrogens is 2. The zero-order valence-electron chi connectivity index (χ0n) is 9.30. The molecule has 1 amide bonds. The lowest BCUT2D eigenvalue weighted by molar-refractivity contribution is -0.174. The van der Waals surface area contributed by atoms with Gasteiger partial charge in [-0.15, -0.1) is 0 Å². The van der Waals surface area contributed by atoms with Crippen LogP contribution >= 0.6 is 23.2 Å². The number of rotatable bonds is 5. The van der Waals surface area contributed by atoms with Gasteiger partial charge in [-0.05, 0) is 0 Å². The van der Waals surface area contributed by atoms with Crippen LogP contribution in [0, 0.1) is 0 Å². The van der Waals surface area contributed by atoms with E-state index in [0.29, 0.717) is 0 Å². The molecule has 0 bridgehead atoms. The quantitative estimate of drug-likeness (QED) is 0.670. The molecule has 0 aliphatic heterocycles. The molecule has 0 aliphatic rings. The lowest BCUT2D eigenvalue weighted by Gasteiger charge is -2.08. The van der Waals surface area contributed by atoms with Crippen molar-refractivity contribution in [1.82, 2.24) is 9.97 Å². The van der Waals surface area contributed by atoms with Crippen molar-refractivity contribution in [2.24, 2.45) is 0 Å².